The fourth-order valence-corrected chi connectivity index (χ4v) is 3.40. The predicted octanol–water partition coefficient (Wildman–Crippen LogP) is 2.42. The first-order chi connectivity index (χ1) is 10.7. The molecule has 2 aliphatic rings. The van der Waals surface area contributed by atoms with E-state index in [1.165, 1.54) is 0 Å². The second-order valence-corrected chi connectivity index (χ2v) is 6.16. The Morgan fingerprint density at radius 2 is 2.09 bits per heavy atom. The molecule has 2 heterocycles. The number of benzene rings is 1. The van der Waals surface area contributed by atoms with Crippen LogP contribution in [0.1, 0.15) is 24.8 Å². The molecule has 1 amide bonds. The second-order valence-electron chi connectivity index (χ2n) is 5.75. The third kappa shape index (κ3) is 4.03. The summed E-state index contributed by atoms with van der Waals surface area (Å²) < 4.78 is 11.1. The Morgan fingerprint density at radius 1 is 1.30 bits per heavy atom. The lowest BCUT2D eigenvalue weighted by Gasteiger charge is -2.35. The summed E-state index contributed by atoms with van der Waals surface area (Å²) in [7, 11) is 0. The van der Waals surface area contributed by atoms with E-state index >= 15 is 0 Å². The topological polar surface area (TPSA) is 64.8 Å². The van der Waals surface area contributed by atoms with Gasteiger partial charge in [-0.1, -0.05) is 11.6 Å². The molecule has 23 heavy (non-hydrogen) atoms. The first-order valence-electron chi connectivity index (χ1n) is 7.76. The summed E-state index contributed by atoms with van der Waals surface area (Å²) in [6.45, 7) is 2.31. The van der Waals surface area contributed by atoms with Gasteiger partial charge in [0, 0.05) is 19.1 Å². The third-order valence-electron chi connectivity index (χ3n) is 4.23. The lowest BCUT2D eigenvalue weighted by atomic mass is 10.0. The number of halogens is 2. The number of hydrogen-bond donors (Lipinski definition) is 1. The highest BCUT2D eigenvalue weighted by Crippen LogP contribution is 2.38. The molecular weight excluding hydrogens is 339 g/mol. The van der Waals surface area contributed by atoms with Gasteiger partial charge in [0.2, 0.25) is 5.91 Å². The van der Waals surface area contributed by atoms with E-state index in [1.54, 1.807) is 6.07 Å². The van der Waals surface area contributed by atoms with E-state index in [9.17, 15) is 4.79 Å². The molecule has 1 saturated heterocycles. The molecule has 1 aromatic carbocycles. The molecule has 5 nitrogen and oxygen atoms in total. The Hall–Kier alpha value is -1.17. The minimum Gasteiger partial charge on any atom is -0.486 e. The maximum Gasteiger partial charge on any atom is 0.227 e. The lowest BCUT2D eigenvalue weighted by molar-refractivity contribution is -0.133. The van der Waals surface area contributed by atoms with Crippen LogP contribution in [0.2, 0.25) is 5.02 Å². The van der Waals surface area contributed by atoms with E-state index in [1.807, 2.05) is 11.0 Å². The number of rotatable bonds is 3. The summed E-state index contributed by atoms with van der Waals surface area (Å²) >= 11 is 6.22. The third-order valence-corrected chi connectivity index (χ3v) is 4.51. The average Bonchev–Trinajstić information content (AvgIpc) is 2.55. The van der Waals surface area contributed by atoms with Crippen molar-refractivity contribution in [2.75, 3.05) is 26.3 Å². The van der Waals surface area contributed by atoms with E-state index in [-0.39, 0.29) is 24.4 Å². The van der Waals surface area contributed by atoms with Crippen molar-refractivity contribution in [3.05, 3.63) is 22.7 Å². The van der Waals surface area contributed by atoms with Gasteiger partial charge in [0.1, 0.15) is 13.2 Å². The van der Waals surface area contributed by atoms with Crippen molar-refractivity contribution in [3.8, 4) is 11.5 Å². The lowest BCUT2D eigenvalue weighted by Crippen LogP contribution is -2.48. The zero-order valence-corrected chi connectivity index (χ0v) is 14.5. The molecule has 1 unspecified atom stereocenters. The first-order valence-corrected chi connectivity index (χ1v) is 8.14. The molecule has 1 aromatic rings. The number of piperidine rings is 1. The Balaban J connectivity index is 0.00000192. The van der Waals surface area contributed by atoms with Crippen LogP contribution in [0, 0.1) is 0 Å². The molecule has 0 spiro atoms. The van der Waals surface area contributed by atoms with Crippen molar-refractivity contribution >= 4 is 29.9 Å². The fraction of sp³-hybridized carbons (Fsp3) is 0.562. The number of carbonyl (C=O) groups excluding carboxylic acids is 1. The summed E-state index contributed by atoms with van der Waals surface area (Å²) in [5, 5.41) is 0.494. The monoisotopic (exact) mass is 360 g/mol. The molecule has 0 saturated carbocycles. The van der Waals surface area contributed by atoms with Gasteiger partial charge in [-0.2, -0.15) is 0 Å². The Morgan fingerprint density at radius 3 is 2.87 bits per heavy atom. The fourth-order valence-electron chi connectivity index (χ4n) is 3.12. The molecule has 1 fully saturated rings. The van der Waals surface area contributed by atoms with Gasteiger partial charge in [0.05, 0.1) is 11.4 Å². The van der Waals surface area contributed by atoms with Gasteiger partial charge in [-0.3, -0.25) is 4.79 Å². The molecule has 128 valence electrons. The summed E-state index contributed by atoms with van der Waals surface area (Å²) in [6, 6.07) is 3.79. The van der Waals surface area contributed by atoms with Gasteiger partial charge < -0.3 is 20.1 Å². The maximum absolute atomic E-state index is 12.6. The zero-order valence-electron chi connectivity index (χ0n) is 12.9. The van der Waals surface area contributed by atoms with Crippen LogP contribution in [0.3, 0.4) is 0 Å². The van der Waals surface area contributed by atoms with Crippen molar-refractivity contribution in [3.63, 3.8) is 0 Å². The van der Waals surface area contributed by atoms with Gasteiger partial charge in [-0.25, -0.2) is 0 Å². The highest BCUT2D eigenvalue weighted by atomic mass is 35.5. The van der Waals surface area contributed by atoms with Crippen molar-refractivity contribution in [1.29, 1.82) is 0 Å². The average molecular weight is 361 g/mol. The van der Waals surface area contributed by atoms with Crippen LogP contribution in [-0.2, 0) is 11.2 Å². The molecule has 1 atom stereocenters. The number of amides is 1. The maximum atomic E-state index is 12.6. The summed E-state index contributed by atoms with van der Waals surface area (Å²) in [5.74, 6) is 1.29. The normalized spacial score (nSPS) is 19.9. The number of nitrogens with two attached hydrogens (primary N) is 1. The van der Waals surface area contributed by atoms with E-state index in [4.69, 9.17) is 26.8 Å². The van der Waals surface area contributed by atoms with Crippen LogP contribution >= 0.6 is 24.0 Å². The molecule has 2 aliphatic heterocycles. The number of likely N-dealkylation sites (tertiary alicyclic amines) is 1. The van der Waals surface area contributed by atoms with Gasteiger partial charge in [-0.05, 0) is 37.0 Å². The molecule has 0 bridgehead atoms. The van der Waals surface area contributed by atoms with Gasteiger partial charge >= 0.3 is 0 Å². The van der Waals surface area contributed by atoms with E-state index in [0.717, 1.165) is 31.4 Å². The summed E-state index contributed by atoms with van der Waals surface area (Å²) in [5.41, 5.74) is 6.64. The van der Waals surface area contributed by atoms with Crippen molar-refractivity contribution in [2.24, 2.45) is 5.73 Å². The van der Waals surface area contributed by atoms with E-state index in [0.29, 0.717) is 42.7 Å². The van der Waals surface area contributed by atoms with E-state index < -0.39 is 0 Å². The standard InChI is InChI=1S/C16H21ClN2O3.ClH/c17-13-7-11(8-14-16(13)22-6-5-21-14)9-15(20)19-4-2-1-3-12(19)10-18;/h7-8,12H,1-6,9-10,18H2;1H. The number of hydrogen-bond acceptors (Lipinski definition) is 4. The number of fused-ring (bicyclic) bond motifs is 1. The molecule has 0 aliphatic carbocycles. The van der Waals surface area contributed by atoms with Crippen molar-refractivity contribution in [1.82, 2.24) is 4.90 Å². The number of ether oxygens (including phenoxy) is 2. The van der Waals surface area contributed by atoms with Crippen molar-refractivity contribution < 1.29 is 14.3 Å². The Bertz CT molecular complexity index is 569. The quantitative estimate of drug-likeness (QED) is 0.898. The molecule has 3 rings (SSSR count). The Labute approximate surface area is 147 Å². The van der Waals surface area contributed by atoms with Gasteiger partial charge in [-0.15, -0.1) is 12.4 Å². The van der Waals surface area contributed by atoms with Crippen LogP contribution in [0.4, 0.5) is 0 Å². The Kier molecular flexibility index (Phi) is 6.39. The van der Waals surface area contributed by atoms with Crippen LogP contribution in [0.5, 0.6) is 11.5 Å². The highest BCUT2D eigenvalue weighted by molar-refractivity contribution is 6.32. The SMILES string of the molecule is Cl.NCC1CCCCN1C(=O)Cc1cc(Cl)c2c(c1)OCCO2. The van der Waals surface area contributed by atoms with Crippen LogP contribution in [0.15, 0.2) is 12.1 Å². The van der Waals surface area contributed by atoms with E-state index in [2.05, 4.69) is 0 Å². The van der Waals surface area contributed by atoms with Gasteiger partial charge in [0.15, 0.2) is 11.5 Å². The smallest absolute Gasteiger partial charge is 0.227 e. The van der Waals surface area contributed by atoms with Crippen LogP contribution in [0.25, 0.3) is 0 Å². The summed E-state index contributed by atoms with van der Waals surface area (Å²) in [6.07, 6.45) is 3.49. The molecule has 7 heteroatoms. The molecular formula is C16H22Cl2N2O3. The minimum atomic E-state index is 0. The van der Waals surface area contributed by atoms with Crippen LogP contribution in [-0.4, -0.2) is 43.2 Å². The van der Waals surface area contributed by atoms with Crippen LogP contribution < -0.4 is 15.2 Å². The zero-order chi connectivity index (χ0) is 15.5. The van der Waals surface area contributed by atoms with Gasteiger partial charge in [0.25, 0.3) is 0 Å². The molecule has 2 N–H and O–H groups in total. The minimum absolute atomic E-state index is 0. The molecule has 0 radical (unpaired) electrons. The number of nitrogens with zero attached hydrogens (tertiary/aromatic N) is 1. The number of carbonyl (C=O) groups is 1. The largest absolute Gasteiger partial charge is 0.486 e. The molecule has 0 aromatic heterocycles. The van der Waals surface area contributed by atoms with Crippen molar-refractivity contribution in [2.45, 2.75) is 31.7 Å². The highest BCUT2D eigenvalue weighted by Gasteiger charge is 2.26. The second kappa shape index (κ2) is 8.08. The predicted molar refractivity (Wildman–Crippen MR) is 91.8 cm³/mol. The first kappa shape index (κ1) is 18.2. The summed E-state index contributed by atoms with van der Waals surface area (Å²) in [4.78, 5) is 14.5.